The van der Waals surface area contributed by atoms with E-state index in [4.69, 9.17) is 10.5 Å². The number of hydrogen-bond donors (Lipinski definition) is 2. The Morgan fingerprint density at radius 2 is 2.00 bits per heavy atom. The fraction of sp³-hybridized carbons (Fsp3) is 0.929. The summed E-state index contributed by atoms with van der Waals surface area (Å²) < 4.78 is 5.32. The summed E-state index contributed by atoms with van der Waals surface area (Å²) in [6.45, 7) is 6.73. The molecule has 3 N–H and O–H groups in total. The lowest BCUT2D eigenvalue weighted by molar-refractivity contribution is 0.0377. The lowest BCUT2D eigenvalue weighted by atomic mass is 10.2. The van der Waals surface area contributed by atoms with Crippen molar-refractivity contribution in [2.24, 2.45) is 16.6 Å². The molecular weight excluding hydrogens is 367 g/mol. The molecule has 1 saturated carbocycles. The molecule has 0 aromatic carbocycles. The van der Waals surface area contributed by atoms with Crippen molar-refractivity contribution in [1.29, 1.82) is 0 Å². The van der Waals surface area contributed by atoms with Crippen molar-refractivity contribution >= 4 is 29.9 Å². The standard InChI is InChI=1S/C14H28N4O.HI/c15-14(16-6-1-3-13-4-5-13)17-7-2-8-18-9-11-19-12-10-18;/h13H,1-12H2,(H3,15,16,17);1H. The first-order valence-electron chi connectivity index (χ1n) is 7.68. The van der Waals surface area contributed by atoms with E-state index in [9.17, 15) is 0 Å². The third kappa shape index (κ3) is 8.26. The Balaban J connectivity index is 0.00000200. The molecule has 0 radical (unpaired) electrons. The molecule has 0 aromatic heterocycles. The summed E-state index contributed by atoms with van der Waals surface area (Å²) in [4.78, 5) is 6.80. The first-order valence-corrected chi connectivity index (χ1v) is 7.68. The Bertz CT molecular complexity index is 278. The van der Waals surface area contributed by atoms with Crippen molar-refractivity contribution in [3.05, 3.63) is 0 Å². The highest BCUT2D eigenvalue weighted by Gasteiger charge is 2.19. The van der Waals surface area contributed by atoms with Crippen molar-refractivity contribution in [2.75, 3.05) is 45.9 Å². The van der Waals surface area contributed by atoms with Crippen LogP contribution in [0.3, 0.4) is 0 Å². The molecule has 0 unspecified atom stereocenters. The maximum atomic E-state index is 5.83. The highest BCUT2D eigenvalue weighted by Crippen LogP contribution is 2.33. The van der Waals surface area contributed by atoms with Crippen LogP contribution in [0.1, 0.15) is 32.1 Å². The minimum atomic E-state index is 0. The van der Waals surface area contributed by atoms with E-state index in [-0.39, 0.29) is 24.0 Å². The van der Waals surface area contributed by atoms with Crippen molar-refractivity contribution in [3.63, 3.8) is 0 Å². The number of nitrogens with one attached hydrogen (secondary N) is 1. The van der Waals surface area contributed by atoms with Crippen LogP contribution in [0.4, 0.5) is 0 Å². The average molecular weight is 396 g/mol. The zero-order valence-electron chi connectivity index (χ0n) is 12.4. The van der Waals surface area contributed by atoms with E-state index in [2.05, 4.69) is 15.2 Å². The fourth-order valence-electron chi connectivity index (χ4n) is 2.39. The fourth-order valence-corrected chi connectivity index (χ4v) is 2.39. The number of rotatable bonds is 8. The van der Waals surface area contributed by atoms with Crippen LogP contribution in [0.15, 0.2) is 4.99 Å². The summed E-state index contributed by atoms with van der Waals surface area (Å²) >= 11 is 0. The van der Waals surface area contributed by atoms with Gasteiger partial charge in [0.1, 0.15) is 0 Å². The summed E-state index contributed by atoms with van der Waals surface area (Å²) in [6, 6.07) is 0. The Labute approximate surface area is 139 Å². The minimum Gasteiger partial charge on any atom is -0.379 e. The third-order valence-electron chi connectivity index (χ3n) is 3.81. The van der Waals surface area contributed by atoms with Gasteiger partial charge in [-0.25, -0.2) is 0 Å². The average Bonchev–Trinajstić information content (AvgIpc) is 3.25. The number of ether oxygens (including phenoxy) is 1. The maximum absolute atomic E-state index is 5.83. The second-order valence-electron chi connectivity index (χ2n) is 5.59. The Morgan fingerprint density at radius 3 is 2.70 bits per heavy atom. The SMILES string of the molecule is I.NC(=NCCCN1CCOCC1)NCCCC1CC1. The molecule has 1 aliphatic carbocycles. The molecule has 0 amide bonds. The van der Waals surface area contributed by atoms with Crippen molar-refractivity contribution < 1.29 is 4.74 Å². The number of guanidine groups is 1. The molecule has 5 nitrogen and oxygen atoms in total. The number of nitrogens with two attached hydrogens (primary N) is 1. The summed E-state index contributed by atoms with van der Waals surface area (Å²) in [5, 5.41) is 3.20. The summed E-state index contributed by atoms with van der Waals surface area (Å²) in [6.07, 6.45) is 6.51. The lowest BCUT2D eigenvalue weighted by Crippen LogP contribution is -2.37. The van der Waals surface area contributed by atoms with Gasteiger partial charge >= 0.3 is 0 Å². The van der Waals surface area contributed by atoms with Crippen LogP contribution in [-0.4, -0.2) is 56.8 Å². The van der Waals surface area contributed by atoms with Crippen LogP contribution in [0.2, 0.25) is 0 Å². The van der Waals surface area contributed by atoms with Gasteiger partial charge in [-0.3, -0.25) is 9.89 Å². The molecule has 2 fully saturated rings. The van der Waals surface area contributed by atoms with Crippen LogP contribution >= 0.6 is 24.0 Å². The van der Waals surface area contributed by atoms with E-state index < -0.39 is 0 Å². The quantitative estimate of drug-likeness (QED) is 0.282. The molecular formula is C14H29IN4O. The molecule has 1 aliphatic heterocycles. The summed E-state index contributed by atoms with van der Waals surface area (Å²) in [5.74, 6) is 1.62. The van der Waals surface area contributed by atoms with Gasteiger partial charge in [-0.15, -0.1) is 24.0 Å². The molecule has 20 heavy (non-hydrogen) atoms. The Morgan fingerprint density at radius 1 is 1.25 bits per heavy atom. The summed E-state index contributed by atoms with van der Waals surface area (Å²) in [5.41, 5.74) is 5.83. The number of morpholine rings is 1. The molecule has 0 bridgehead atoms. The molecule has 1 heterocycles. The molecule has 2 aliphatic rings. The van der Waals surface area contributed by atoms with Gasteiger partial charge in [0.2, 0.25) is 0 Å². The van der Waals surface area contributed by atoms with E-state index >= 15 is 0 Å². The normalized spacial score (nSPS) is 20.5. The van der Waals surface area contributed by atoms with E-state index in [0.29, 0.717) is 5.96 Å². The zero-order valence-corrected chi connectivity index (χ0v) is 14.7. The van der Waals surface area contributed by atoms with Crippen molar-refractivity contribution in [3.8, 4) is 0 Å². The van der Waals surface area contributed by atoms with Gasteiger partial charge in [0, 0.05) is 32.7 Å². The number of hydrogen-bond acceptors (Lipinski definition) is 3. The Kier molecular flexibility index (Phi) is 9.54. The minimum absolute atomic E-state index is 0. The van der Waals surface area contributed by atoms with E-state index in [1.165, 1.54) is 25.7 Å². The third-order valence-corrected chi connectivity index (χ3v) is 3.81. The van der Waals surface area contributed by atoms with Gasteiger partial charge in [0.15, 0.2) is 5.96 Å². The van der Waals surface area contributed by atoms with Gasteiger partial charge in [-0.1, -0.05) is 12.8 Å². The molecule has 0 atom stereocenters. The van der Waals surface area contributed by atoms with Gasteiger partial charge in [-0.2, -0.15) is 0 Å². The van der Waals surface area contributed by atoms with Crippen LogP contribution in [0, 0.1) is 5.92 Å². The van der Waals surface area contributed by atoms with Crippen LogP contribution in [0.5, 0.6) is 0 Å². The van der Waals surface area contributed by atoms with Gasteiger partial charge in [0.05, 0.1) is 13.2 Å². The van der Waals surface area contributed by atoms with Crippen molar-refractivity contribution in [2.45, 2.75) is 32.1 Å². The first kappa shape index (κ1) is 18.0. The zero-order chi connectivity index (χ0) is 13.3. The number of aliphatic imine (C=N–C) groups is 1. The van der Waals surface area contributed by atoms with Gasteiger partial charge < -0.3 is 15.8 Å². The molecule has 0 spiro atoms. The predicted octanol–water partition coefficient (Wildman–Crippen LogP) is 1.42. The monoisotopic (exact) mass is 396 g/mol. The maximum Gasteiger partial charge on any atom is 0.188 e. The smallest absolute Gasteiger partial charge is 0.188 e. The Hall–Kier alpha value is -0.0800. The van der Waals surface area contributed by atoms with Crippen LogP contribution in [0.25, 0.3) is 0 Å². The highest BCUT2D eigenvalue weighted by atomic mass is 127. The largest absolute Gasteiger partial charge is 0.379 e. The van der Waals surface area contributed by atoms with E-state index in [1.54, 1.807) is 0 Å². The predicted molar refractivity (Wildman–Crippen MR) is 93.7 cm³/mol. The second-order valence-corrected chi connectivity index (χ2v) is 5.59. The topological polar surface area (TPSA) is 62.9 Å². The highest BCUT2D eigenvalue weighted by molar-refractivity contribution is 14.0. The van der Waals surface area contributed by atoms with E-state index in [0.717, 1.165) is 58.3 Å². The number of nitrogens with zero attached hydrogens (tertiary/aromatic N) is 2. The van der Waals surface area contributed by atoms with E-state index in [1.807, 2.05) is 0 Å². The second kappa shape index (κ2) is 10.6. The van der Waals surface area contributed by atoms with Crippen LogP contribution in [-0.2, 0) is 4.74 Å². The lowest BCUT2D eigenvalue weighted by Gasteiger charge is -2.26. The van der Waals surface area contributed by atoms with Gasteiger partial charge in [0.25, 0.3) is 0 Å². The molecule has 118 valence electrons. The van der Waals surface area contributed by atoms with Gasteiger partial charge in [-0.05, 0) is 25.2 Å². The first-order chi connectivity index (χ1) is 9.34. The van der Waals surface area contributed by atoms with Crippen molar-refractivity contribution in [1.82, 2.24) is 10.2 Å². The molecule has 6 heteroatoms. The van der Waals surface area contributed by atoms with Crippen LogP contribution < -0.4 is 11.1 Å². The molecule has 2 rings (SSSR count). The summed E-state index contributed by atoms with van der Waals surface area (Å²) in [7, 11) is 0. The molecule has 0 aromatic rings. The molecule has 1 saturated heterocycles. The number of halogens is 1.